The second kappa shape index (κ2) is 11.5. The van der Waals surface area contributed by atoms with Crippen LogP contribution in [0, 0.1) is 5.92 Å². The van der Waals surface area contributed by atoms with Crippen molar-refractivity contribution in [1.29, 1.82) is 0 Å². The van der Waals surface area contributed by atoms with Crippen LogP contribution >= 0.6 is 15.9 Å². The number of carbonyl (C=O) groups is 1. The number of nitrogens with one attached hydrogen (secondary N) is 1. The van der Waals surface area contributed by atoms with Crippen LogP contribution in [-0.2, 0) is 10.0 Å². The molecule has 1 amide bonds. The van der Waals surface area contributed by atoms with E-state index in [9.17, 15) is 13.2 Å². The first-order chi connectivity index (χ1) is 15.7. The zero-order chi connectivity index (χ0) is 24.0. The monoisotopic (exact) mass is 536 g/mol. The van der Waals surface area contributed by atoms with Gasteiger partial charge < -0.3 is 10.1 Å². The second-order valence-electron chi connectivity index (χ2n) is 8.96. The molecule has 0 spiro atoms. The zero-order valence-electron chi connectivity index (χ0n) is 19.5. The van der Waals surface area contributed by atoms with Gasteiger partial charge in [0.1, 0.15) is 5.75 Å². The van der Waals surface area contributed by atoms with Crippen LogP contribution in [0.5, 0.6) is 5.75 Å². The Morgan fingerprint density at radius 3 is 2.42 bits per heavy atom. The van der Waals surface area contributed by atoms with Crippen molar-refractivity contribution < 1.29 is 17.9 Å². The minimum Gasteiger partial charge on any atom is -0.493 e. The van der Waals surface area contributed by atoms with Crippen LogP contribution in [0.4, 0.5) is 5.69 Å². The molecule has 1 aliphatic rings. The summed E-state index contributed by atoms with van der Waals surface area (Å²) in [5, 5.41) is 2.85. The van der Waals surface area contributed by atoms with E-state index in [0.717, 1.165) is 36.6 Å². The first-order valence-corrected chi connectivity index (χ1v) is 13.7. The summed E-state index contributed by atoms with van der Waals surface area (Å²) in [5.41, 5.74) is 0.939. The summed E-state index contributed by atoms with van der Waals surface area (Å²) in [6.07, 6.45) is 5.99. The zero-order valence-corrected chi connectivity index (χ0v) is 21.9. The van der Waals surface area contributed by atoms with E-state index in [1.54, 1.807) is 43.4 Å². The van der Waals surface area contributed by atoms with Gasteiger partial charge in [-0.05, 0) is 67.6 Å². The normalized spacial score (nSPS) is 15.1. The van der Waals surface area contributed by atoms with Gasteiger partial charge in [0.25, 0.3) is 5.91 Å². The van der Waals surface area contributed by atoms with Gasteiger partial charge in [-0.25, -0.2) is 8.42 Å². The second-order valence-corrected chi connectivity index (χ2v) is 11.9. The number of sulfonamides is 1. The Morgan fingerprint density at radius 1 is 1.12 bits per heavy atom. The number of hydrogen-bond acceptors (Lipinski definition) is 4. The van der Waals surface area contributed by atoms with Gasteiger partial charge in [-0.2, -0.15) is 4.31 Å². The Bertz CT molecular complexity index is 1050. The SMILES string of the molecule is CC(C)CCOc1ccc(Br)cc1C(=O)Nc1ccc(S(=O)(=O)N(C)C2CCCCC2)cc1. The molecule has 6 nitrogen and oxygen atoms in total. The number of hydrogen-bond donors (Lipinski definition) is 1. The summed E-state index contributed by atoms with van der Waals surface area (Å²) in [4.78, 5) is 13.2. The number of carbonyl (C=O) groups excluding carboxylic acids is 1. The third kappa shape index (κ3) is 6.80. The first kappa shape index (κ1) is 25.7. The molecular weight excluding hydrogens is 504 g/mol. The summed E-state index contributed by atoms with van der Waals surface area (Å²) in [7, 11) is -1.91. The summed E-state index contributed by atoms with van der Waals surface area (Å²) >= 11 is 3.41. The van der Waals surface area contributed by atoms with E-state index in [2.05, 4.69) is 35.1 Å². The molecule has 0 unspecified atom stereocenters. The topological polar surface area (TPSA) is 75.7 Å². The van der Waals surface area contributed by atoms with Gasteiger partial charge in [0.05, 0.1) is 17.1 Å². The average Bonchev–Trinajstić information content (AvgIpc) is 2.80. The molecule has 8 heteroatoms. The summed E-state index contributed by atoms with van der Waals surface area (Å²) in [6.45, 7) is 4.77. The third-order valence-corrected chi connectivity index (χ3v) is 8.43. The lowest BCUT2D eigenvalue weighted by Crippen LogP contribution is -2.38. The van der Waals surface area contributed by atoms with E-state index in [4.69, 9.17) is 4.74 Å². The van der Waals surface area contributed by atoms with Gasteiger partial charge in [0.2, 0.25) is 10.0 Å². The Labute approximate surface area is 205 Å². The molecule has 0 atom stereocenters. The van der Waals surface area contributed by atoms with Crippen molar-refractivity contribution in [1.82, 2.24) is 4.31 Å². The molecule has 0 radical (unpaired) electrons. The lowest BCUT2D eigenvalue weighted by molar-refractivity contribution is 0.102. The maximum Gasteiger partial charge on any atom is 0.259 e. The molecule has 1 saturated carbocycles. The molecule has 0 bridgehead atoms. The van der Waals surface area contributed by atoms with Crippen molar-refractivity contribution >= 4 is 37.5 Å². The Balaban J connectivity index is 1.71. The maximum atomic E-state index is 13.0. The highest BCUT2D eigenvalue weighted by atomic mass is 79.9. The number of halogens is 1. The summed E-state index contributed by atoms with van der Waals surface area (Å²) < 4.78 is 34.2. The van der Waals surface area contributed by atoms with Gasteiger partial charge in [0, 0.05) is 23.2 Å². The highest BCUT2D eigenvalue weighted by Crippen LogP contribution is 2.28. The van der Waals surface area contributed by atoms with Crippen LogP contribution in [0.1, 0.15) is 62.7 Å². The van der Waals surface area contributed by atoms with Gasteiger partial charge in [-0.15, -0.1) is 0 Å². The predicted octanol–water partition coefficient (Wildman–Crippen LogP) is 6.08. The van der Waals surface area contributed by atoms with Gasteiger partial charge in [0.15, 0.2) is 0 Å². The molecule has 1 N–H and O–H groups in total. The van der Waals surface area contributed by atoms with Crippen molar-refractivity contribution in [2.24, 2.45) is 5.92 Å². The molecule has 2 aromatic rings. The fraction of sp³-hybridized carbons (Fsp3) is 0.480. The lowest BCUT2D eigenvalue weighted by atomic mass is 9.96. The number of rotatable bonds is 9. The van der Waals surface area contributed by atoms with E-state index >= 15 is 0 Å². The minimum absolute atomic E-state index is 0.0498. The molecule has 0 heterocycles. The summed E-state index contributed by atoms with van der Waals surface area (Å²) in [5.74, 6) is 0.708. The molecular formula is C25H33BrN2O4S. The Morgan fingerprint density at radius 2 is 1.79 bits per heavy atom. The first-order valence-electron chi connectivity index (χ1n) is 11.5. The average molecular weight is 538 g/mol. The number of amides is 1. The van der Waals surface area contributed by atoms with Crippen LogP contribution in [0.2, 0.25) is 0 Å². The standard InChI is InChI=1S/C25H33BrN2O4S/c1-18(2)15-16-32-24-14-9-19(26)17-23(24)25(29)27-20-10-12-22(13-11-20)33(30,31)28(3)21-7-5-4-6-8-21/h9-14,17-18,21H,4-8,15-16H2,1-3H3,(H,27,29). The molecule has 180 valence electrons. The summed E-state index contributed by atoms with van der Waals surface area (Å²) in [6, 6.07) is 11.7. The Hall–Kier alpha value is -1.90. The number of ether oxygens (including phenoxy) is 1. The maximum absolute atomic E-state index is 13.0. The quantitative estimate of drug-likeness (QED) is 0.421. The van der Waals surface area contributed by atoms with Crippen LogP contribution < -0.4 is 10.1 Å². The smallest absolute Gasteiger partial charge is 0.259 e. The molecule has 1 fully saturated rings. The van der Waals surface area contributed by atoms with Crippen LogP contribution in [0.25, 0.3) is 0 Å². The number of anilines is 1. The fourth-order valence-electron chi connectivity index (χ4n) is 3.93. The molecule has 33 heavy (non-hydrogen) atoms. The van der Waals surface area contributed by atoms with E-state index in [0.29, 0.717) is 29.5 Å². The molecule has 0 aromatic heterocycles. The van der Waals surface area contributed by atoms with E-state index in [1.165, 1.54) is 10.7 Å². The lowest BCUT2D eigenvalue weighted by Gasteiger charge is -2.30. The van der Waals surface area contributed by atoms with Crippen molar-refractivity contribution in [3.63, 3.8) is 0 Å². The molecule has 2 aromatic carbocycles. The van der Waals surface area contributed by atoms with Gasteiger partial charge in [-0.3, -0.25) is 4.79 Å². The van der Waals surface area contributed by atoms with Crippen molar-refractivity contribution in [3.05, 3.63) is 52.5 Å². The predicted molar refractivity (Wildman–Crippen MR) is 135 cm³/mol. The highest BCUT2D eigenvalue weighted by Gasteiger charge is 2.29. The number of nitrogens with zero attached hydrogens (tertiary/aromatic N) is 1. The van der Waals surface area contributed by atoms with E-state index < -0.39 is 10.0 Å². The Kier molecular flexibility index (Phi) is 8.95. The van der Waals surface area contributed by atoms with E-state index in [-0.39, 0.29) is 16.8 Å². The molecule has 0 saturated heterocycles. The third-order valence-electron chi connectivity index (χ3n) is 6.02. The van der Waals surface area contributed by atoms with E-state index in [1.807, 2.05) is 6.07 Å². The van der Waals surface area contributed by atoms with Crippen molar-refractivity contribution in [3.8, 4) is 5.75 Å². The van der Waals surface area contributed by atoms with Gasteiger partial charge >= 0.3 is 0 Å². The molecule has 3 rings (SSSR count). The molecule has 0 aliphatic heterocycles. The van der Waals surface area contributed by atoms with Crippen molar-refractivity contribution in [2.45, 2.75) is 63.3 Å². The van der Waals surface area contributed by atoms with Gasteiger partial charge in [-0.1, -0.05) is 49.0 Å². The van der Waals surface area contributed by atoms with Crippen molar-refractivity contribution in [2.75, 3.05) is 19.0 Å². The number of benzene rings is 2. The van der Waals surface area contributed by atoms with Crippen LogP contribution in [0.3, 0.4) is 0 Å². The highest BCUT2D eigenvalue weighted by molar-refractivity contribution is 9.10. The molecule has 1 aliphatic carbocycles. The van der Waals surface area contributed by atoms with Crippen LogP contribution in [0.15, 0.2) is 51.8 Å². The fourth-order valence-corrected chi connectivity index (χ4v) is 5.70. The minimum atomic E-state index is -3.57. The van der Waals surface area contributed by atoms with Crippen LogP contribution in [-0.4, -0.2) is 38.3 Å². The largest absolute Gasteiger partial charge is 0.493 e.